The Balaban J connectivity index is 2.37. The van der Waals surface area contributed by atoms with Crippen LogP contribution >= 0.6 is 11.3 Å². The van der Waals surface area contributed by atoms with E-state index in [1.165, 1.54) is 21.8 Å². The van der Waals surface area contributed by atoms with Crippen LogP contribution in [-0.4, -0.2) is 5.11 Å². The predicted molar refractivity (Wildman–Crippen MR) is 47.2 cm³/mol. The first-order valence-corrected chi connectivity index (χ1v) is 4.69. The molecule has 1 aliphatic rings. The minimum atomic E-state index is 0.425. The highest BCUT2D eigenvalue weighted by Gasteiger charge is 2.30. The predicted octanol–water partition coefficient (Wildman–Crippen LogP) is 2.58. The third-order valence-electron chi connectivity index (χ3n) is 2.19. The molecule has 0 unspecified atom stereocenters. The van der Waals surface area contributed by atoms with Crippen LogP contribution in [-0.2, 0) is 12.8 Å². The molecular formula is C9H12OS. The molecule has 11 heavy (non-hydrogen) atoms. The van der Waals surface area contributed by atoms with Crippen molar-refractivity contribution in [3.63, 3.8) is 0 Å². The lowest BCUT2D eigenvalue weighted by Crippen LogP contribution is -2.09. The van der Waals surface area contributed by atoms with E-state index in [1.807, 2.05) is 6.07 Å². The standard InChI is InChI=1S/C9H12OS/c1-9(2)4-6-3-8(10)11-7(6)5-9/h3,10H,4-5H2,1-2H3. The third-order valence-corrected chi connectivity index (χ3v) is 3.17. The van der Waals surface area contributed by atoms with Gasteiger partial charge in [-0.15, -0.1) is 11.3 Å². The molecule has 0 bridgehead atoms. The highest BCUT2D eigenvalue weighted by atomic mass is 32.1. The summed E-state index contributed by atoms with van der Waals surface area (Å²) in [5.41, 5.74) is 1.78. The molecule has 0 saturated heterocycles. The fraction of sp³-hybridized carbons (Fsp3) is 0.556. The largest absolute Gasteiger partial charge is 0.499 e. The summed E-state index contributed by atoms with van der Waals surface area (Å²) in [4.78, 5) is 1.38. The van der Waals surface area contributed by atoms with E-state index in [0.717, 1.165) is 12.8 Å². The summed E-state index contributed by atoms with van der Waals surface area (Å²) in [6.07, 6.45) is 2.26. The Morgan fingerprint density at radius 3 is 2.82 bits per heavy atom. The Bertz CT molecular complexity index is 260. The first-order valence-electron chi connectivity index (χ1n) is 3.87. The molecule has 0 atom stereocenters. The van der Waals surface area contributed by atoms with Gasteiger partial charge in [0.1, 0.15) is 0 Å². The summed E-state index contributed by atoms with van der Waals surface area (Å²) in [7, 11) is 0. The van der Waals surface area contributed by atoms with Crippen LogP contribution in [0.25, 0.3) is 0 Å². The summed E-state index contributed by atoms with van der Waals surface area (Å²) in [5, 5.41) is 9.66. The monoisotopic (exact) mass is 168 g/mol. The topological polar surface area (TPSA) is 20.2 Å². The van der Waals surface area contributed by atoms with Gasteiger partial charge in [0, 0.05) is 4.88 Å². The van der Waals surface area contributed by atoms with Crippen molar-refractivity contribution in [1.29, 1.82) is 0 Å². The molecule has 1 nitrogen and oxygen atoms in total. The van der Waals surface area contributed by atoms with Crippen molar-refractivity contribution >= 4 is 11.3 Å². The molecule has 0 fully saturated rings. The van der Waals surface area contributed by atoms with E-state index < -0.39 is 0 Å². The summed E-state index contributed by atoms with van der Waals surface area (Å²) in [6.45, 7) is 4.55. The molecule has 0 saturated carbocycles. The molecule has 0 radical (unpaired) electrons. The highest BCUT2D eigenvalue weighted by Crippen LogP contribution is 2.42. The second kappa shape index (κ2) is 2.01. The van der Waals surface area contributed by atoms with Crippen LogP contribution in [0, 0.1) is 5.41 Å². The fourth-order valence-corrected chi connectivity index (χ4v) is 2.94. The van der Waals surface area contributed by atoms with Crippen LogP contribution in [0.4, 0.5) is 0 Å². The zero-order valence-electron chi connectivity index (χ0n) is 6.85. The molecule has 0 aromatic carbocycles. The molecule has 0 spiro atoms. The van der Waals surface area contributed by atoms with E-state index in [1.54, 1.807) is 0 Å². The smallest absolute Gasteiger partial charge is 0.171 e. The minimum Gasteiger partial charge on any atom is -0.499 e. The Hall–Kier alpha value is -0.500. The van der Waals surface area contributed by atoms with E-state index in [0.29, 0.717) is 10.5 Å². The fourth-order valence-electron chi connectivity index (χ4n) is 1.76. The molecule has 0 amide bonds. The first kappa shape index (κ1) is 7.17. The number of hydrogen-bond acceptors (Lipinski definition) is 2. The van der Waals surface area contributed by atoms with Gasteiger partial charge in [-0.2, -0.15) is 0 Å². The van der Waals surface area contributed by atoms with Crippen molar-refractivity contribution in [3.8, 4) is 5.06 Å². The van der Waals surface area contributed by atoms with Gasteiger partial charge in [0.2, 0.25) is 0 Å². The minimum absolute atomic E-state index is 0.425. The van der Waals surface area contributed by atoms with Crippen molar-refractivity contribution in [2.75, 3.05) is 0 Å². The van der Waals surface area contributed by atoms with E-state index in [9.17, 15) is 5.11 Å². The zero-order chi connectivity index (χ0) is 8.06. The summed E-state index contributed by atoms with van der Waals surface area (Å²) >= 11 is 1.53. The van der Waals surface area contributed by atoms with Gasteiger partial charge in [-0.1, -0.05) is 13.8 Å². The second-order valence-electron chi connectivity index (χ2n) is 4.05. The van der Waals surface area contributed by atoms with E-state index in [-0.39, 0.29) is 0 Å². The van der Waals surface area contributed by atoms with Gasteiger partial charge in [0.25, 0.3) is 0 Å². The van der Waals surface area contributed by atoms with Crippen LogP contribution in [0.15, 0.2) is 6.07 Å². The second-order valence-corrected chi connectivity index (χ2v) is 5.17. The van der Waals surface area contributed by atoms with Crippen LogP contribution < -0.4 is 0 Å². The molecule has 0 aliphatic heterocycles. The van der Waals surface area contributed by atoms with Gasteiger partial charge in [0.05, 0.1) is 0 Å². The summed E-state index contributed by atoms with van der Waals surface area (Å²) in [6, 6.07) is 1.91. The molecule has 2 heteroatoms. The van der Waals surface area contributed by atoms with Crippen molar-refractivity contribution in [1.82, 2.24) is 0 Å². The number of fused-ring (bicyclic) bond motifs is 1. The Morgan fingerprint density at radius 2 is 2.18 bits per heavy atom. The average Bonchev–Trinajstić information content (AvgIpc) is 2.17. The summed E-state index contributed by atoms with van der Waals surface area (Å²) in [5.74, 6) is 0. The maximum absolute atomic E-state index is 9.19. The number of hydrogen-bond donors (Lipinski definition) is 1. The molecule has 1 aromatic heterocycles. The lowest BCUT2D eigenvalue weighted by molar-refractivity contribution is 0.393. The molecule has 1 aliphatic carbocycles. The quantitative estimate of drug-likeness (QED) is 0.631. The average molecular weight is 168 g/mol. The lowest BCUT2D eigenvalue weighted by atomic mass is 9.91. The van der Waals surface area contributed by atoms with Crippen LogP contribution in [0.5, 0.6) is 5.06 Å². The normalized spacial score (nSPS) is 20.2. The van der Waals surface area contributed by atoms with Crippen molar-refractivity contribution in [2.45, 2.75) is 26.7 Å². The summed E-state index contributed by atoms with van der Waals surface area (Å²) < 4.78 is 0. The molecule has 60 valence electrons. The van der Waals surface area contributed by atoms with Gasteiger partial charge in [-0.05, 0) is 29.9 Å². The first-order chi connectivity index (χ1) is 5.07. The van der Waals surface area contributed by atoms with Crippen molar-refractivity contribution in [2.24, 2.45) is 5.41 Å². The molecule has 1 heterocycles. The Morgan fingerprint density at radius 1 is 1.45 bits per heavy atom. The van der Waals surface area contributed by atoms with Gasteiger partial charge < -0.3 is 5.11 Å². The van der Waals surface area contributed by atoms with Crippen LogP contribution in [0.3, 0.4) is 0 Å². The van der Waals surface area contributed by atoms with Gasteiger partial charge in [-0.25, -0.2) is 0 Å². The number of rotatable bonds is 0. The number of aromatic hydroxyl groups is 1. The molecular weight excluding hydrogens is 156 g/mol. The zero-order valence-corrected chi connectivity index (χ0v) is 7.66. The van der Waals surface area contributed by atoms with E-state index in [4.69, 9.17) is 0 Å². The maximum atomic E-state index is 9.19. The maximum Gasteiger partial charge on any atom is 0.171 e. The van der Waals surface area contributed by atoms with Gasteiger partial charge in [-0.3, -0.25) is 0 Å². The van der Waals surface area contributed by atoms with Crippen LogP contribution in [0.2, 0.25) is 0 Å². The number of thiophene rings is 1. The van der Waals surface area contributed by atoms with Crippen molar-refractivity contribution < 1.29 is 5.11 Å². The Kier molecular flexibility index (Phi) is 1.31. The van der Waals surface area contributed by atoms with E-state index >= 15 is 0 Å². The van der Waals surface area contributed by atoms with Crippen molar-refractivity contribution in [3.05, 3.63) is 16.5 Å². The molecule has 1 aromatic rings. The van der Waals surface area contributed by atoms with Gasteiger partial charge in [0.15, 0.2) is 5.06 Å². The molecule has 1 N–H and O–H groups in total. The Labute approximate surface area is 70.7 Å². The lowest BCUT2D eigenvalue weighted by Gasteiger charge is -2.15. The SMILES string of the molecule is CC1(C)Cc2cc(O)sc2C1. The third kappa shape index (κ3) is 1.16. The molecule has 2 rings (SSSR count). The van der Waals surface area contributed by atoms with Crippen LogP contribution in [0.1, 0.15) is 24.3 Å². The van der Waals surface area contributed by atoms with Gasteiger partial charge >= 0.3 is 0 Å². The highest BCUT2D eigenvalue weighted by molar-refractivity contribution is 7.13. The van der Waals surface area contributed by atoms with E-state index in [2.05, 4.69) is 13.8 Å².